The van der Waals surface area contributed by atoms with Crippen molar-refractivity contribution in [3.63, 3.8) is 0 Å². The molecule has 0 spiro atoms. The maximum Gasteiger partial charge on any atom is 0.251 e. The van der Waals surface area contributed by atoms with E-state index in [2.05, 4.69) is 17.4 Å². The van der Waals surface area contributed by atoms with E-state index in [1.807, 2.05) is 18.2 Å². The fourth-order valence-corrected chi connectivity index (χ4v) is 3.65. The predicted molar refractivity (Wildman–Crippen MR) is 114 cm³/mol. The Labute approximate surface area is 178 Å². The monoisotopic (exact) mass is 413 g/mol. The van der Waals surface area contributed by atoms with Crippen molar-refractivity contribution in [1.82, 2.24) is 5.32 Å². The SMILES string of the molecule is COCOc1ccc(C(=O)NCC2(O)CCC(COCc3ccccc3)CC2)cc1. The molecular weight excluding hydrogens is 382 g/mol. The Morgan fingerprint density at radius 3 is 2.47 bits per heavy atom. The zero-order valence-corrected chi connectivity index (χ0v) is 17.5. The van der Waals surface area contributed by atoms with Crippen molar-refractivity contribution in [2.24, 2.45) is 5.92 Å². The molecule has 2 aromatic rings. The topological polar surface area (TPSA) is 77.0 Å². The van der Waals surface area contributed by atoms with Crippen LogP contribution in [-0.4, -0.2) is 43.7 Å². The Balaban J connectivity index is 1.37. The van der Waals surface area contributed by atoms with Gasteiger partial charge >= 0.3 is 0 Å². The lowest BCUT2D eigenvalue weighted by atomic mass is 9.79. The van der Waals surface area contributed by atoms with Gasteiger partial charge in [-0.25, -0.2) is 0 Å². The normalized spacial score (nSPS) is 21.2. The molecule has 0 saturated heterocycles. The van der Waals surface area contributed by atoms with E-state index in [0.29, 0.717) is 43.3 Å². The highest BCUT2D eigenvalue weighted by Crippen LogP contribution is 2.32. The number of ether oxygens (including phenoxy) is 3. The fourth-order valence-electron chi connectivity index (χ4n) is 3.65. The number of methoxy groups -OCH3 is 1. The molecule has 2 aromatic carbocycles. The highest BCUT2D eigenvalue weighted by atomic mass is 16.7. The highest BCUT2D eigenvalue weighted by Gasteiger charge is 2.33. The van der Waals surface area contributed by atoms with Crippen LogP contribution in [-0.2, 0) is 16.1 Å². The molecule has 0 radical (unpaired) electrons. The predicted octanol–water partition coefficient (Wildman–Crippen LogP) is 3.54. The summed E-state index contributed by atoms with van der Waals surface area (Å²) in [5.74, 6) is 0.888. The Bertz CT molecular complexity index is 770. The first kappa shape index (κ1) is 22.3. The molecule has 1 aliphatic rings. The first-order valence-corrected chi connectivity index (χ1v) is 10.4. The number of carbonyl (C=O) groups excluding carboxylic acids is 1. The van der Waals surface area contributed by atoms with Crippen molar-refractivity contribution in [3.05, 3.63) is 65.7 Å². The van der Waals surface area contributed by atoms with Crippen LogP contribution >= 0.6 is 0 Å². The second-order valence-electron chi connectivity index (χ2n) is 7.93. The van der Waals surface area contributed by atoms with Gasteiger partial charge in [-0.3, -0.25) is 4.79 Å². The quantitative estimate of drug-likeness (QED) is 0.583. The molecule has 162 valence electrons. The molecule has 6 heteroatoms. The Kier molecular flexibility index (Phi) is 8.25. The van der Waals surface area contributed by atoms with Crippen molar-refractivity contribution in [2.75, 3.05) is 27.1 Å². The van der Waals surface area contributed by atoms with Gasteiger partial charge in [-0.05, 0) is 61.4 Å². The van der Waals surface area contributed by atoms with Gasteiger partial charge in [-0.15, -0.1) is 0 Å². The molecule has 1 amide bonds. The van der Waals surface area contributed by atoms with Crippen LogP contribution in [0.5, 0.6) is 5.75 Å². The maximum atomic E-state index is 12.4. The van der Waals surface area contributed by atoms with E-state index in [4.69, 9.17) is 14.2 Å². The van der Waals surface area contributed by atoms with E-state index in [1.54, 1.807) is 31.4 Å². The molecule has 6 nitrogen and oxygen atoms in total. The van der Waals surface area contributed by atoms with E-state index >= 15 is 0 Å². The van der Waals surface area contributed by atoms with Gasteiger partial charge in [-0.1, -0.05) is 30.3 Å². The van der Waals surface area contributed by atoms with Crippen LogP contribution in [0.4, 0.5) is 0 Å². The summed E-state index contributed by atoms with van der Waals surface area (Å²) in [5.41, 5.74) is 0.852. The molecule has 3 rings (SSSR count). The number of carbonyl (C=O) groups is 1. The zero-order valence-electron chi connectivity index (χ0n) is 17.5. The number of nitrogens with one attached hydrogen (secondary N) is 1. The van der Waals surface area contributed by atoms with Crippen LogP contribution in [0.3, 0.4) is 0 Å². The number of benzene rings is 2. The first-order chi connectivity index (χ1) is 14.6. The van der Waals surface area contributed by atoms with E-state index < -0.39 is 5.60 Å². The summed E-state index contributed by atoms with van der Waals surface area (Å²) in [6.45, 7) is 1.74. The van der Waals surface area contributed by atoms with Gasteiger partial charge in [-0.2, -0.15) is 0 Å². The van der Waals surface area contributed by atoms with Crippen molar-refractivity contribution in [3.8, 4) is 5.75 Å². The minimum atomic E-state index is -0.854. The molecule has 1 fully saturated rings. The molecule has 0 aromatic heterocycles. The third kappa shape index (κ3) is 6.83. The van der Waals surface area contributed by atoms with Crippen LogP contribution < -0.4 is 10.1 Å². The summed E-state index contributed by atoms with van der Waals surface area (Å²) >= 11 is 0. The third-order valence-corrected chi connectivity index (χ3v) is 5.54. The molecule has 0 unspecified atom stereocenters. The number of aliphatic hydroxyl groups is 1. The summed E-state index contributed by atoms with van der Waals surface area (Å²) in [7, 11) is 1.55. The molecule has 2 N–H and O–H groups in total. The van der Waals surface area contributed by atoms with E-state index in [0.717, 1.165) is 12.8 Å². The smallest absolute Gasteiger partial charge is 0.251 e. The van der Waals surface area contributed by atoms with Gasteiger partial charge in [0.15, 0.2) is 6.79 Å². The second kappa shape index (κ2) is 11.1. The molecule has 0 heterocycles. The minimum absolute atomic E-state index is 0.164. The van der Waals surface area contributed by atoms with Crippen LogP contribution in [0.1, 0.15) is 41.6 Å². The first-order valence-electron chi connectivity index (χ1n) is 10.4. The molecular formula is C24H31NO5. The average Bonchev–Trinajstić information content (AvgIpc) is 2.79. The molecule has 0 bridgehead atoms. The summed E-state index contributed by atoms with van der Waals surface area (Å²) < 4.78 is 16.0. The standard InChI is InChI=1S/C24H31NO5/c1-28-18-30-22-9-7-21(8-10-22)23(26)25-17-24(27)13-11-20(12-14-24)16-29-15-19-5-3-2-4-6-19/h2-10,20,27H,11-18H2,1H3,(H,25,26). The van der Waals surface area contributed by atoms with Crippen molar-refractivity contribution in [1.29, 1.82) is 0 Å². The average molecular weight is 414 g/mol. The molecule has 0 atom stereocenters. The lowest BCUT2D eigenvalue weighted by Crippen LogP contribution is -2.45. The van der Waals surface area contributed by atoms with Gasteiger partial charge < -0.3 is 24.6 Å². The summed E-state index contributed by atoms with van der Waals surface area (Å²) in [6.07, 6.45) is 3.12. The van der Waals surface area contributed by atoms with Gasteiger partial charge in [0.05, 0.1) is 12.2 Å². The third-order valence-electron chi connectivity index (χ3n) is 5.54. The van der Waals surface area contributed by atoms with Gasteiger partial charge in [0.2, 0.25) is 0 Å². The zero-order chi connectivity index (χ0) is 21.2. The lowest BCUT2D eigenvalue weighted by molar-refractivity contribution is -0.0238. The maximum absolute atomic E-state index is 12.4. The molecule has 0 aliphatic heterocycles. The lowest BCUT2D eigenvalue weighted by Gasteiger charge is -2.36. The van der Waals surface area contributed by atoms with E-state index in [9.17, 15) is 9.90 Å². The van der Waals surface area contributed by atoms with Crippen LogP contribution in [0.15, 0.2) is 54.6 Å². The van der Waals surface area contributed by atoms with E-state index in [1.165, 1.54) is 5.56 Å². The summed E-state index contributed by atoms with van der Waals surface area (Å²) in [5, 5.41) is 13.7. The summed E-state index contributed by atoms with van der Waals surface area (Å²) in [6, 6.07) is 17.0. The fraction of sp³-hybridized carbons (Fsp3) is 0.458. The van der Waals surface area contributed by atoms with Gasteiger partial charge in [0.1, 0.15) is 5.75 Å². The van der Waals surface area contributed by atoms with Crippen molar-refractivity contribution in [2.45, 2.75) is 37.9 Å². The number of rotatable bonds is 10. The Hall–Kier alpha value is -2.41. The van der Waals surface area contributed by atoms with Gasteiger partial charge in [0.25, 0.3) is 5.91 Å². The number of amides is 1. The minimum Gasteiger partial charge on any atom is -0.468 e. The number of hydrogen-bond acceptors (Lipinski definition) is 5. The van der Waals surface area contributed by atoms with Crippen molar-refractivity contribution < 1.29 is 24.1 Å². The Morgan fingerprint density at radius 1 is 1.10 bits per heavy atom. The number of hydrogen-bond donors (Lipinski definition) is 2. The van der Waals surface area contributed by atoms with Crippen LogP contribution in [0.2, 0.25) is 0 Å². The molecule has 1 saturated carbocycles. The second-order valence-corrected chi connectivity index (χ2v) is 7.93. The van der Waals surface area contributed by atoms with Crippen LogP contribution in [0, 0.1) is 5.92 Å². The summed E-state index contributed by atoms with van der Waals surface area (Å²) in [4.78, 5) is 12.4. The van der Waals surface area contributed by atoms with Crippen molar-refractivity contribution >= 4 is 5.91 Å². The van der Waals surface area contributed by atoms with E-state index in [-0.39, 0.29) is 19.2 Å². The largest absolute Gasteiger partial charge is 0.468 e. The van der Waals surface area contributed by atoms with Crippen LogP contribution in [0.25, 0.3) is 0 Å². The van der Waals surface area contributed by atoms with Gasteiger partial charge in [0, 0.05) is 25.8 Å². The molecule has 1 aliphatic carbocycles. The molecule has 30 heavy (non-hydrogen) atoms. The highest BCUT2D eigenvalue weighted by molar-refractivity contribution is 5.94. The Morgan fingerprint density at radius 2 is 1.80 bits per heavy atom.